The van der Waals surface area contributed by atoms with Gasteiger partial charge in [0, 0.05) is 0 Å². The Morgan fingerprint density at radius 1 is 0.536 bits per heavy atom. The molecule has 5 rings (SSSR count). The summed E-state index contributed by atoms with van der Waals surface area (Å²) in [5.41, 5.74) is 0.582. The summed E-state index contributed by atoms with van der Waals surface area (Å²) in [6.07, 6.45) is 8.18. The van der Waals surface area contributed by atoms with Crippen LogP contribution in [-0.2, 0) is 4.52 Å². The molecule has 3 aromatic carbocycles. The zero-order valence-electron chi connectivity index (χ0n) is 16.4. The zero-order valence-corrected chi connectivity index (χ0v) is 17.3. The van der Waals surface area contributed by atoms with Crippen molar-refractivity contribution in [3.63, 3.8) is 0 Å². The fourth-order valence-corrected chi connectivity index (χ4v) is 12.8. The summed E-state index contributed by atoms with van der Waals surface area (Å²) < 4.78 is 7.34. The van der Waals surface area contributed by atoms with E-state index >= 15 is 0 Å². The molecule has 28 heavy (non-hydrogen) atoms. The van der Waals surface area contributed by atoms with Crippen LogP contribution in [0.1, 0.15) is 38.5 Å². The van der Waals surface area contributed by atoms with Crippen LogP contribution < -0.4 is 15.9 Å². The first-order valence-corrected chi connectivity index (χ1v) is 13.0. The fourth-order valence-electron chi connectivity index (χ4n) is 5.79. The van der Waals surface area contributed by atoms with E-state index in [0.717, 1.165) is 0 Å². The van der Waals surface area contributed by atoms with Gasteiger partial charge in [0.15, 0.2) is 0 Å². The molecule has 1 aliphatic carbocycles. The molecule has 0 bridgehead atoms. The molecule has 3 aromatic rings. The van der Waals surface area contributed by atoms with Crippen LogP contribution in [0.5, 0.6) is 0 Å². The standard InChI is InChI=1S/C26H29OP/c1-2-13-21-26-25(20-12-1)27-28(26,22-14-6-3-7-15-22,23-16-8-4-9-17-23)24-18-10-5-11-19-24/h3-11,14-19,25-26H,1-2,12-13,20-21H2. The van der Waals surface area contributed by atoms with Crippen molar-refractivity contribution in [3.8, 4) is 0 Å². The molecule has 0 N–H and O–H groups in total. The van der Waals surface area contributed by atoms with Gasteiger partial charge < -0.3 is 0 Å². The quantitative estimate of drug-likeness (QED) is 0.534. The third-order valence-corrected chi connectivity index (χ3v) is 13.5. The van der Waals surface area contributed by atoms with E-state index in [1.54, 1.807) is 0 Å². The van der Waals surface area contributed by atoms with Gasteiger partial charge in [-0.15, -0.1) is 0 Å². The molecule has 1 nitrogen and oxygen atoms in total. The van der Waals surface area contributed by atoms with E-state index in [9.17, 15) is 0 Å². The number of hydrogen-bond acceptors (Lipinski definition) is 1. The van der Waals surface area contributed by atoms with Gasteiger partial charge in [-0.1, -0.05) is 0 Å². The molecular formula is C26H29OP. The van der Waals surface area contributed by atoms with E-state index in [4.69, 9.17) is 4.52 Å². The Bertz CT molecular complexity index is 823. The summed E-state index contributed by atoms with van der Waals surface area (Å²) >= 11 is 0. The van der Waals surface area contributed by atoms with Gasteiger partial charge in [0.2, 0.25) is 0 Å². The van der Waals surface area contributed by atoms with Crippen LogP contribution in [0.3, 0.4) is 0 Å². The number of fused-ring (bicyclic) bond motifs is 1. The predicted molar refractivity (Wildman–Crippen MR) is 122 cm³/mol. The second-order valence-corrected chi connectivity index (χ2v) is 12.9. The Morgan fingerprint density at radius 3 is 1.43 bits per heavy atom. The van der Waals surface area contributed by atoms with Gasteiger partial charge in [-0.3, -0.25) is 0 Å². The van der Waals surface area contributed by atoms with Crippen LogP contribution in [0, 0.1) is 0 Å². The molecule has 2 fully saturated rings. The van der Waals surface area contributed by atoms with Gasteiger partial charge in [-0.2, -0.15) is 0 Å². The summed E-state index contributed by atoms with van der Waals surface area (Å²) in [7, 11) is 0. The van der Waals surface area contributed by atoms with Crippen molar-refractivity contribution in [1.82, 2.24) is 0 Å². The van der Waals surface area contributed by atoms with Crippen LogP contribution in [0.25, 0.3) is 0 Å². The van der Waals surface area contributed by atoms with Crippen molar-refractivity contribution in [2.24, 2.45) is 0 Å². The number of rotatable bonds is 3. The summed E-state index contributed by atoms with van der Waals surface area (Å²) in [6.45, 7) is -2.95. The van der Waals surface area contributed by atoms with Crippen molar-refractivity contribution < 1.29 is 4.52 Å². The molecule has 2 atom stereocenters. The molecule has 2 heteroatoms. The Kier molecular flexibility index (Phi) is 4.62. The molecule has 0 amide bonds. The first-order valence-electron chi connectivity index (χ1n) is 10.7. The first-order chi connectivity index (χ1) is 13.9. The Morgan fingerprint density at radius 2 is 0.964 bits per heavy atom. The monoisotopic (exact) mass is 388 g/mol. The van der Waals surface area contributed by atoms with Gasteiger partial charge in [-0.05, 0) is 0 Å². The topological polar surface area (TPSA) is 9.23 Å². The minimum absolute atomic E-state index is 0.388. The third-order valence-electron chi connectivity index (χ3n) is 6.96. The molecule has 1 aliphatic heterocycles. The molecule has 2 unspecified atom stereocenters. The third kappa shape index (κ3) is 2.39. The van der Waals surface area contributed by atoms with Gasteiger partial charge in [0.25, 0.3) is 0 Å². The molecule has 0 aromatic heterocycles. The van der Waals surface area contributed by atoms with E-state index in [2.05, 4.69) is 91.0 Å². The first kappa shape index (κ1) is 18.1. The second kappa shape index (κ2) is 7.14. The van der Waals surface area contributed by atoms with Gasteiger partial charge in [-0.25, -0.2) is 0 Å². The van der Waals surface area contributed by atoms with Crippen LogP contribution >= 0.6 is 6.83 Å². The van der Waals surface area contributed by atoms with Crippen LogP contribution in [0.15, 0.2) is 91.0 Å². The van der Waals surface area contributed by atoms with Crippen LogP contribution in [0.4, 0.5) is 0 Å². The molecule has 0 spiro atoms. The van der Waals surface area contributed by atoms with Crippen molar-refractivity contribution >= 4 is 22.7 Å². The minimum atomic E-state index is -2.95. The van der Waals surface area contributed by atoms with E-state index in [0.29, 0.717) is 11.8 Å². The molecular weight excluding hydrogens is 359 g/mol. The van der Waals surface area contributed by atoms with E-state index in [1.165, 1.54) is 54.4 Å². The molecule has 1 saturated carbocycles. The van der Waals surface area contributed by atoms with E-state index in [1.807, 2.05) is 0 Å². The molecule has 0 radical (unpaired) electrons. The Balaban J connectivity index is 1.84. The normalized spacial score (nSPS) is 27.1. The molecule has 144 valence electrons. The van der Waals surface area contributed by atoms with Crippen LogP contribution in [0.2, 0.25) is 0 Å². The Hall–Kier alpha value is -1.95. The maximum absolute atomic E-state index is 7.34. The average molecular weight is 388 g/mol. The predicted octanol–water partition coefficient (Wildman–Crippen LogP) is 5.55. The van der Waals surface area contributed by atoms with Crippen molar-refractivity contribution in [2.75, 3.05) is 0 Å². The SMILES string of the molecule is c1ccc(P2(c3ccccc3)(c3ccccc3)OC3CCCCCCC32)cc1. The summed E-state index contributed by atoms with van der Waals surface area (Å²) in [4.78, 5) is 0. The number of benzene rings is 3. The average Bonchev–Trinajstić information content (AvgIpc) is 2.75. The Labute approximate surface area is 168 Å². The van der Waals surface area contributed by atoms with E-state index < -0.39 is 6.83 Å². The van der Waals surface area contributed by atoms with Crippen LogP contribution in [-0.4, -0.2) is 11.8 Å². The van der Waals surface area contributed by atoms with Crippen molar-refractivity contribution in [3.05, 3.63) is 91.0 Å². The summed E-state index contributed by atoms with van der Waals surface area (Å²) in [5.74, 6) is 0. The summed E-state index contributed by atoms with van der Waals surface area (Å²) in [5, 5.41) is 4.19. The zero-order chi connectivity index (χ0) is 18.9. The second-order valence-electron chi connectivity index (χ2n) is 8.31. The van der Waals surface area contributed by atoms with Crippen molar-refractivity contribution in [1.29, 1.82) is 0 Å². The van der Waals surface area contributed by atoms with E-state index in [-0.39, 0.29) is 0 Å². The van der Waals surface area contributed by atoms with Gasteiger partial charge in [0.1, 0.15) is 0 Å². The molecule has 1 saturated heterocycles. The van der Waals surface area contributed by atoms with Gasteiger partial charge >= 0.3 is 169 Å². The fraction of sp³-hybridized carbons (Fsp3) is 0.308. The maximum atomic E-state index is 7.34. The number of hydrogen-bond donors (Lipinski definition) is 0. The van der Waals surface area contributed by atoms with Crippen molar-refractivity contribution in [2.45, 2.75) is 50.3 Å². The van der Waals surface area contributed by atoms with Gasteiger partial charge in [0.05, 0.1) is 0 Å². The molecule has 1 heterocycles. The molecule has 2 aliphatic rings. The summed E-state index contributed by atoms with van der Waals surface area (Å²) in [6, 6.07) is 33.5.